The third kappa shape index (κ3) is 2.16. The van der Waals surface area contributed by atoms with Gasteiger partial charge >= 0.3 is 0 Å². The first-order valence-corrected chi connectivity index (χ1v) is 6.98. The summed E-state index contributed by atoms with van der Waals surface area (Å²) in [7, 11) is 0. The van der Waals surface area contributed by atoms with Gasteiger partial charge in [0.25, 0.3) is 0 Å². The third-order valence-corrected chi connectivity index (χ3v) is 3.84. The van der Waals surface area contributed by atoms with Gasteiger partial charge in [-0.2, -0.15) is 5.10 Å². The smallest absolute Gasteiger partial charge is 0.157 e. The molecule has 0 amide bonds. The predicted octanol–water partition coefficient (Wildman–Crippen LogP) is 1.83. The lowest BCUT2D eigenvalue weighted by molar-refractivity contribution is 0.289. The van der Waals surface area contributed by atoms with Crippen molar-refractivity contribution in [1.82, 2.24) is 29.8 Å². The van der Waals surface area contributed by atoms with Crippen LogP contribution in [0, 0.1) is 0 Å². The summed E-state index contributed by atoms with van der Waals surface area (Å²) in [5.74, 6) is 0.653. The molecule has 0 atom stereocenters. The highest BCUT2D eigenvalue weighted by Gasteiger charge is 2.20. The molecule has 0 aromatic carbocycles. The highest BCUT2D eigenvalue weighted by molar-refractivity contribution is 5.56. The molecule has 3 aromatic rings. The fourth-order valence-electron chi connectivity index (χ4n) is 2.39. The Morgan fingerprint density at radius 2 is 2.14 bits per heavy atom. The second-order valence-electron chi connectivity index (χ2n) is 5.29. The summed E-state index contributed by atoms with van der Waals surface area (Å²) < 4.78 is 3.64. The van der Waals surface area contributed by atoms with Crippen LogP contribution >= 0.6 is 0 Å². The van der Waals surface area contributed by atoms with Gasteiger partial charge < -0.3 is 5.73 Å². The number of aromatic nitrogens is 6. The van der Waals surface area contributed by atoms with Crippen molar-refractivity contribution >= 4 is 5.69 Å². The summed E-state index contributed by atoms with van der Waals surface area (Å²) in [6.07, 6.45) is 11.1. The van der Waals surface area contributed by atoms with E-state index in [0.717, 1.165) is 11.3 Å². The van der Waals surface area contributed by atoms with Gasteiger partial charge in [-0.1, -0.05) is 5.21 Å². The fourth-order valence-corrected chi connectivity index (χ4v) is 2.39. The van der Waals surface area contributed by atoms with Crippen molar-refractivity contribution in [1.29, 1.82) is 0 Å². The molecule has 0 bridgehead atoms. The Hall–Kier alpha value is -2.70. The number of nitrogens with two attached hydrogens (primary N) is 1. The average molecular weight is 281 g/mol. The molecular formula is C14H15N7. The molecule has 7 nitrogen and oxygen atoms in total. The van der Waals surface area contributed by atoms with Crippen LogP contribution in [0.3, 0.4) is 0 Å². The van der Waals surface area contributed by atoms with Crippen molar-refractivity contribution in [3.05, 3.63) is 36.9 Å². The summed E-state index contributed by atoms with van der Waals surface area (Å²) in [6.45, 7) is 0. The fraction of sp³-hybridized carbons (Fsp3) is 0.286. The number of pyridine rings is 1. The minimum Gasteiger partial charge on any atom is -0.399 e. The molecule has 3 heterocycles. The molecule has 0 aliphatic heterocycles. The van der Waals surface area contributed by atoms with E-state index in [2.05, 4.69) is 20.4 Å². The van der Waals surface area contributed by atoms with Crippen molar-refractivity contribution in [2.24, 2.45) is 0 Å². The van der Waals surface area contributed by atoms with Gasteiger partial charge in [0, 0.05) is 29.7 Å². The zero-order valence-electron chi connectivity index (χ0n) is 11.4. The minimum atomic E-state index is 0.546. The number of anilines is 1. The third-order valence-electron chi connectivity index (χ3n) is 3.84. The van der Waals surface area contributed by atoms with Gasteiger partial charge in [-0.15, -0.1) is 5.10 Å². The van der Waals surface area contributed by atoms with E-state index in [-0.39, 0.29) is 0 Å². The first kappa shape index (κ1) is 12.1. The normalized spacial score (nSPS) is 15.0. The Kier molecular flexibility index (Phi) is 2.70. The average Bonchev–Trinajstić information content (AvgIpc) is 3.05. The van der Waals surface area contributed by atoms with E-state index in [1.165, 1.54) is 19.3 Å². The van der Waals surface area contributed by atoms with Crippen molar-refractivity contribution in [3.63, 3.8) is 0 Å². The second kappa shape index (κ2) is 4.69. The van der Waals surface area contributed by atoms with E-state index in [9.17, 15) is 0 Å². The van der Waals surface area contributed by atoms with Gasteiger partial charge in [0.15, 0.2) is 5.82 Å². The molecule has 21 heavy (non-hydrogen) atoms. The van der Waals surface area contributed by atoms with E-state index in [4.69, 9.17) is 5.73 Å². The van der Waals surface area contributed by atoms with E-state index in [1.54, 1.807) is 23.0 Å². The van der Waals surface area contributed by atoms with Gasteiger partial charge in [-0.3, -0.25) is 4.68 Å². The van der Waals surface area contributed by atoms with Gasteiger partial charge in [-0.05, 0) is 25.3 Å². The van der Waals surface area contributed by atoms with Gasteiger partial charge in [0.1, 0.15) is 5.69 Å². The molecular weight excluding hydrogens is 266 g/mol. The van der Waals surface area contributed by atoms with Gasteiger partial charge in [-0.25, -0.2) is 9.67 Å². The lowest BCUT2D eigenvalue weighted by Gasteiger charge is -2.25. The predicted molar refractivity (Wildman–Crippen MR) is 77.7 cm³/mol. The molecule has 7 heteroatoms. The van der Waals surface area contributed by atoms with Gasteiger partial charge in [0.2, 0.25) is 0 Å². The molecule has 2 N–H and O–H groups in total. The number of hydrogen-bond donors (Lipinski definition) is 1. The summed E-state index contributed by atoms with van der Waals surface area (Å²) >= 11 is 0. The van der Waals surface area contributed by atoms with Crippen LogP contribution in [0.2, 0.25) is 0 Å². The van der Waals surface area contributed by atoms with Crippen LogP contribution in [-0.4, -0.2) is 29.8 Å². The maximum Gasteiger partial charge on any atom is 0.157 e. The van der Waals surface area contributed by atoms with Crippen LogP contribution in [0.25, 0.3) is 17.1 Å². The molecule has 4 rings (SSSR count). The quantitative estimate of drug-likeness (QED) is 0.791. The molecule has 106 valence electrons. The first-order valence-electron chi connectivity index (χ1n) is 6.98. The maximum atomic E-state index is 5.76. The Bertz CT molecular complexity index is 769. The Labute approximate surface area is 121 Å². The molecule has 0 radical (unpaired) electrons. The maximum absolute atomic E-state index is 5.76. The second-order valence-corrected chi connectivity index (χ2v) is 5.29. The van der Waals surface area contributed by atoms with Crippen molar-refractivity contribution < 1.29 is 0 Å². The Balaban J connectivity index is 1.63. The Morgan fingerprint density at radius 1 is 1.24 bits per heavy atom. The Morgan fingerprint density at radius 3 is 2.90 bits per heavy atom. The van der Waals surface area contributed by atoms with E-state index >= 15 is 0 Å². The van der Waals surface area contributed by atoms with Crippen LogP contribution < -0.4 is 5.73 Å². The van der Waals surface area contributed by atoms with Crippen LogP contribution in [-0.2, 0) is 0 Å². The molecule has 3 aromatic heterocycles. The number of nitrogens with zero attached hydrogens (tertiary/aromatic N) is 6. The van der Waals surface area contributed by atoms with Crippen LogP contribution in [0.5, 0.6) is 0 Å². The standard InChI is InChI=1S/C14H15N7/c15-11-4-5-16-14(6-11)21-9-13(18-19-21)10-7-17-20(8-10)12-2-1-3-12/h4-9,12H,1-3H2,(H2,15,16). The molecule has 0 saturated heterocycles. The summed E-state index contributed by atoms with van der Waals surface area (Å²) in [5.41, 5.74) is 8.16. The molecule has 1 saturated carbocycles. The van der Waals surface area contributed by atoms with Crippen molar-refractivity contribution in [2.75, 3.05) is 5.73 Å². The highest BCUT2D eigenvalue weighted by Crippen LogP contribution is 2.31. The zero-order valence-corrected chi connectivity index (χ0v) is 11.4. The first-order chi connectivity index (χ1) is 10.3. The summed E-state index contributed by atoms with van der Waals surface area (Å²) in [5, 5.41) is 12.7. The topological polar surface area (TPSA) is 87.4 Å². The molecule has 1 fully saturated rings. The summed E-state index contributed by atoms with van der Waals surface area (Å²) in [4.78, 5) is 4.23. The molecule has 0 unspecified atom stereocenters. The molecule has 1 aliphatic rings. The van der Waals surface area contributed by atoms with E-state index in [0.29, 0.717) is 17.5 Å². The lowest BCUT2D eigenvalue weighted by atomic mass is 9.93. The molecule has 0 spiro atoms. The van der Waals surface area contributed by atoms with E-state index in [1.807, 2.05) is 23.3 Å². The summed E-state index contributed by atoms with van der Waals surface area (Å²) in [6, 6.07) is 4.05. The van der Waals surface area contributed by atoms with Crippen LogP contribution in [0.4, 0.5) is 5.69 Å². The van der Waals surface area contributed by atoms with Crippen LogP contribution in [0.1, 0.15) is 25.3 Å². The SMILES string of the molecule is Nc1ccnc(-n2cc(-c3cnn(C4CCC4)c3)nn2)c1. The zero-order chi connectivity index (χ0) is 14.2. The molecule has 1 aliphatic carbocycles. The van der Waals surface area contributed by atoms with Crippen molar-refractivity contribution in [3.8, 4) is 17.1 Å². The van der Waals surface area contributed by atoms with Crippen LogP contribution in [0.15, 0.2) is 36.9 Å². The highest BCUT2D eigenvalue weighted by atomic mass is 15.4. The van der Waals surface area contributed by atoms with Gasteiger partial charge in [0.05, 0.1) is 18.4 Å². The number of rotatable bonds is 3. The number of hydrogen-bond acceptors (Lipinski definition) is 5. The monoisotopic (exact) mass is 281 g/mol. The largest absolute Gasteiger partial charge is 0.399 e. The lowest BCUT2D eigenvalue weighted by Crippen LogP contribution is -2.16. The minimum absolute atomic E-state index is 0.546. The van der Waals surface area contributed by atoms with Crippen molar-refractivity contribution in [2.45, 2.75) is 25.3 Å². The number of nitrogen functional groups attached to an aromatic ring is 1. The van der Waals surface area contributed by atoms with E-state index < -0.39 is 0 Å².